The SMILES string of the molecule is C[C@@H](c1ccccc1)[C@@H](CNC(=O)OCc1ccccc1)C(=O)N1C(=O)OC[C@H]1c1ccccc1. The summed E-state index contributed by atoms with van der Waals surface area (Å²) in [6, 6.07) is 27.7. The molecule has 3 amide bonds. The molecule has 180 valence electrons. The summed E-state index contributed by atoms with van der Waals surface area (Å²) < 4.78 is 10.6. The van der Waals surface area contributed by atoms with Crippen molar-refractivity contribution in [3.05, 3.63) is 108 Å². The van der Waals surface area contributed by atoms with Gasteiger partial charge in [-0.1, -0.05) is 97.9 Å². The minimum absolute atomic E-state index is 0.00775. The standard InChI is InChI=1S/C28H28N2O5/c1-20(22-13-7-3-8-14-22)24(17-29-27(32)34-18-21-11-5-2-6-12-21)26(31)30-25(19-35-28(30)33)23-15-9-4-10-16-23/h2-16,20,24-25H,17-19H2,1H3,(H,29,32)/t20-,24+,25-/m0/s1. The van der Waals surface area contributed by atoms with E-state index in [9.17, 15) is 14.4 Å². The summed E-state index contributed by atoms with van der Waals surface area (Å²) in [7, 11) is 0. The van der Waals surface area contributed by atoms with Crippen molar-refractivity contribution in [2.24, 2.45) is 5.92 Å². The zero-order valence-corrected chi connectivity index (χ0v) is 19.5. The first-order valence-electron chi connectivity index (χ1n) is 11.6. The summed E-state index contributed by atoms with van der Waals surface area (Å²) in [5, 5.41) is 2.72. The molecule has 3 atom stereocenters. The number of amides is 3. The molecule has 1 aliphatic rings. The third-order valence-electron chi connectivity index (χ3n) is 6.22. The van der Waals surface area contributed by atoms with Crippen molar-refractivity contribution in [2.75, 3.05) is 13.2 Å². The van der Waals surface area contributed by atoms with Gasteiger partial charge < -0.3 is 14.8 Å². The molecule has 0 bridgehead atoms. The lowest BCUT2D eigenvalue weighted by Gasteiger charge is -2.29. The minimum atomic E-state index is -0.710. The fraction of sp³-hybridized carbons (Fsp3) is 0.250. The van der Waals surface area contributed by atoms with Crippen molar-refractivity contribution in [3.8, 4) is 0 Å². The van der Waals surface area contributed by atoms with Crippen LogP contribution in [0.4, 0.5) is 9.59 Å². The van der Waals surface area contributed by atoms with Crippen LogP contribution in [-0.2, 0) is 20.9 Å². The van der Waals surface area contributed by atoms with E-state index in [0.717, 1.165) is 16.7 Å². The molecule has 7 heteroatoms. The number of nitrogens with one attached hydrogen (secondary N) is 1. The molecule has 35 heavy (non-hydrogen) atoms. The number of hydrogen-bond donors (Lipinski definition) is 1. The van der Waals surface area contributed by atoms with E-state index in [0.29, 0.717) is 0 Å². The number of hydrogen-bond acceptors (Lipinski definition) is 5. The Morgan fingerprint density at radius 2 is 1.57 bits per heavy atom. The first-order chi connectivity index (χ1) is 17.0. The number of benzene rings is 3. The molecule has 3 aromatic carbocycles. The number of carbonyl (C=O) groups is 3. The van der Waals surface area contributed by atoms with Crippen LogP contribution in [0.15, 0.2) is 91.0 Å². The van der Waals surface area contributed by atoms with Crippen LogP contribution in [0.3, 0.4) is 0 Å². The Morgan fingerprint density at radius 3 is 2.23 bits per heavy atom. The second-order valence-electron chi connectivity index (χ2n) is 8.46. The Labute approximate surface area is 204 Å². The predicted octanol–water partition coefficient (Wildman–Crippen LogP) is 5.05. The molecule has 0 saturated carbocycles. The number of rotatable bonds is 8. The number of cyclic esters (lactones) is 1. The second kappa shape index (κ2) is 11.3. The first kappa shape index (κ1) is 24.0. The molecule has 4 rings (SSSR count). The maximum atomic E-state index is 13.8. The van der Waals surface area contributed by atoms with Gasteiger partial charge in [-0.15, -0.1) is 0 Å². The topological polar surface area (TPSA) is 84.9 Å². The van der Waals surface area contributed by atoms with E-state index in [4.69, 9.17) is 9.47 Å². The molecular formula is C28H28N2O5. The van der Waals surface area contributed by atoms with Crippen molar-refractivity contribution in [1.29, 1.82) is 0 Å². The molecule has 1 heterocycles. The van der Waals surface area contributed by atoms with Crippen molar-refractivity contribution >= 4 is 18.1 Å². The van der Waals surface area contributed by atoms with E-state index in [-0.39, 0.29) is 25.7 Å². The zero-order chi connectivity index (χ0) is 24.6. The minimum Gasteiger partial charge on any atom is -0.446 e. The van der Waals surface area contributed by atoms with E-state index in [2.05, 4.69) is 5.32 Å². The second-order valence-corrected chi connectivity index (χ2v) is 8.46. The van der Waals surface area contributed by atoms with Gasteiger partial charge in [0, 0.05) is 6.54 Å². The highest BCUT2D eigenvalue weighted by molar-refractivity contribution is 5.95. The van der Waals surface area contributed by atoms with E-state index in [1.54, 1.807) is 0 Å². The molecule has 7 nitrogen and oxygen atoms in total. The smallest absolute Gasteiger partial charge is 0.417 e. The Kier molecular flexibility index (Phi) is 7.77. The van der Waals surface area contributed by atoms with Crippen LogP contribution in [0.25, 0.3) is 0 Å². The van der Waals surface area contributed by atoms with Gasteiger partial charge >= 0.3 is 12.2 Å². The van der Waals surface area contributed by atoms with Gasteiger partial charge in [0.05, 0.1) is 5.92 Å². The Balaban J connectivity index is 1.51. The molecule has 1 fully saturated rings. The highest BCUT2D eigenvalue weighted by atomic mass is 16.6. The van der Waals surface area contributed by atoms with Crippen molar-refractivity contribution in [1.82, 2.24) is 10.2 Å². The Morgan fingerprint density at radius 1 is 0.971 bits per heavy atom. The van der Waals surface area contributed by atoms with Gasteiger partial charge in [-0.3, -0.25) is 4.79 Å². The van der Waals surface area contributed by atoms with Crippen LogP contribution in [0.5, 0.6) is 0 Å². The van der Waals surface area contributed by atoms with E-state index >= 15 is 0 Å². The molecule has 0 spiro atoms. The first-order valence-corrected chi connectivity index (χ1v) is 11.6. The van der Waals surface area contributed by atoms with Gasteiger partial charge in [0.25, 0.3) is 0 Å². The summed E-state index contributed by atoms with van der Waals surface area (Å²) in [4.78, 5) is 40.0. The summed E-state index contributed by atoms with van der Waals surface area (Å²) in [5.41, 5.74) is 2.60. The Hall–Kier alpha value is -4.13. The molecule has 3 aromatic rings. The van der Waals surface area contributed by atoms with Crippen molar-refractivity contribution in [2.45, 2.75) is 25.5 Å². The van der Waals surface area contributed by atoms with Gasteiger partial charge in [-0.2, -0.15) is 0 Å². The molecule has 1 aliphatic heterocycles. The predicted molar refractivity (Wildman–Crippen MR) is 130 cm³/mol. The highest BCUT2D eigenvalue weighted by Gasteiger charge is 2.43. The molecule has 0 radical (unpaired) electrons. The lowest BCUT2D eigenvalue weighted by atomic mass is 9.86. The van der Waals surface area contributed by atoms with Gasteiger partial charge in [0.2, 0.25) is 5.91 Å². The fourth-order valence-corrected chi connectivity index (χ4v) is 4.20. The summed E-state index contributed by atoms with van der Waals surface area (Å²) in [6.07, 6.45) is -1.31. The lowest BCUT2D eigenvalue weighted by molar-refractivity contribution is -0.134. The monoisotopic (exact) mass is 472 g/mol. The van der Waals surface area contributed by atoms with Crippen LogP contribution in [-0.4, -0.2) is 36.1 Å². The zero-order valence-electron chi connectivity index (χ0n) is 19.5. The summed E-state index contributed by atoms with van der Waals surface area (Å²) in [5.74, 6) is -1.39. The van der Waals surface area contributed by atoms with E-state index in [1.807, 2.05) is 97.9 Å². The number of alkyl carbamates (subject to hydrolysis) is 1. The molecule has 0 aliphatic carbocycles. The molecule has 1 N–H and O–H groups in total. The molecule has 0 unspecified atom stereocenters. The number of carbonyl (C=O) groups excluding carboxylic acids is 3. The third-order valence-corrected chi connectivity index (χ3v) is 6.22. The lowest BCUT2D eigenvalue weighted by Crippen LogP contribution is -2.45. The summed E-state index contributed by atoms with van der Waals surface area (Å²) in [6.45, 7) is 2.13. The van der Waals surface area contributed by atoms with Crippen LogP contribution in [0.2, 0.25) is 0 Å². The summed E-state index contributed by atoms with van der Waals surface area (Å²) >= 11 is 0. The van der Waals surface area contributed by atoms with Crippen LogP contribution in [0.1, 0.15) is 35.6 Å². The van der Waals surface area contributed by atoms with Crippen LogP contribution >= 0.6 is 0 Å². The van der Waals surface area contributed by atoms with E-state index in [1.165, 1.54) is 4.90 Å². The van der Waals surface area contributed by atoms with Crippen molar-refractivity contribution in [3.63, 3.8) is 0 Å². The highest BCUT2D eigenvalue weighted by Crippen LogP contribution is 2.33. The molecule has 0 aromatic heterocycles. The van der Waals surface area contributed by atoms with Crippen molar-refractivity contribution < 1.29 is 23.9 Å². The van der Waals surface area contributed by atoms with Gasteiger partial charge in [-0.25, -0.2) is 14.5 Å². The quantitative estimate of drug-likeness (QED) is 0.496. The number of nitrogens with zero attached hydrogens (tertiary/aromatic N) is 1. The average molecular weight is 473 g/mol. The number of imide groups is 1. The largest absolute Gasteiger partial charge is 0.446 e. The fourth-order valence-electron chi connectivity index (χ4n) is 4.20. The number of ether oxygens (including phenoxy) is 2. The maximum absolute atomic E-state index is 13.8. The Bertz CT molecular complexity index is 1140. The van der Waals surface area contributed by atoms with E-state index < -0.39 is 30.1 Å². The van der Waals surface area contributed by atoms with Gasteiger partial charge in [-0.05, 0) is 22.6 Å². The molecular weight excluding hydrogens is 444 g/mol. The maximum Gasteiger partial charge on any atom is 0.417 e. The van der Waals surface area contributed by atoms with Crippen LogP contribution in [0, 0.1) is 5.92 Å². The van der Waals surface area contributed by atoms with Gasteiger partial charge in [0.15, 0.2) is 0 Å². The third kappa shape index (κ3) is 5.87. The normalized spacial score (nSPS) is 16.8. The van der Waals surface area contributed by atoms with Crippen LogP contribution < -0.4 is 5.32 Å². The van der Waals surface area contributed by atoms with Gasteiger partial charge in [0.1, 0.15) is 19.3 Å². The average Bonchev–Trinajstić information content (AvgIpc) is 3.30. The molecule has 1 saturated heterocycles.